The lowest BCUT2D eigenvalue weighted by atomic mass is 10.00. The largest absolute Gasteiger partial charge is 0.346 e. The van der Waals surface area contributed by atoms with Crippen LogP contribution in [0.15, 0.2) is 41.3 Å². The fourth-order valence-corrected chi connectivity index (χ4v) is 3.61. The minimum absolute atomic E-state index is 0.0870. The van der Waals surface area contributed by atoms with Gasteiger partial charge in [-0.15, -0.1) is 0 Å². The second-order valence-corrected chi connectivity index (χ2v) is 8.61. The van der Waals surface area contributed by atoms with E-state index in [2.05, 4.69) is 5.32 Å². The van der Waals surface area contributed by atoms with Gasteiger partial charge in [0.05, 0.1) is 6.04 Å². The van der Waals surface area contributed by atoms with Gasteiger partial charge < -0.3 is 5.32 Å². The Morgan fingerprint density at radius 2 is 1.77 bits per heavy atom. The Hall–Kier alpha value is -2.25. The molecule has 1 atom stereocenters. The van der Waals surface area contributed by atoms with Crippen LogP contribution in [0, 0.1) is 19.7 Å². The first-order valence-corrected chi connectivity index (χ1v) is 9.58. The maximum atomic E-state index is 14.0. The summed E-state index contributed by atoms with van der Waals surface area (Å²) in [7, 11) is -1.36. The predicted molar refractivity (Wildman–Crippen MR) is 99.1 cm³/mol. The second-order valence-electron chi connectivity index (χ2n) is 6.49. The summed E-state index contributed by atoms with van der Waals surface area (Å²) in [5.74, 6) is -1.36. The fourth-order valence-electron chi connectivity index (χ4n) is 2.62. The summed E-state index contributed by atoms with van der Waals surface area (Å²) in [6.07, 6.45) is 0. The molecule has 2 aromatic rings. The fraction of sp³-hybridized carbons (Fsp3) is 0.316. The van der Waals surface area contributed by atoms with Crippen LogP contribution in [0.3, 0.4) is 0 Å². The second kappa shape index (κ2) is 7.55. The summed E-state index contributed by atoms with van der Waals surface area (Å²) in [6.45, 7) is 5.77. The Morgan fingerprint density at radius 1 is 1.12 bits per heavy atom. The molecule has 0 aliphatic carbocycles. The minimum Gasteiger partial charge on any atom is -0.346 e. The number of rotatable bonds is 5. The van der Waals surface area contributed by atoms with Gasteiger partial charge in [0.25, 0.3) is 5.91 Å². The summed E-state index contributed by atoms with van der Waals surface area (Å²) in [4.78, 5) is 12.0. The van der Waals surface area contributed by atoms with Crippen LogP contribution in [0.5, 0.6) is 0 Å². The number of carbonyl (C=O) groups excluding carboxylic acids is 1. The van der Waals surface area contributed by atoms with Crippen LogP contribution in [0.2, 0.25) is 0 Å². The minimum atomic E-state index is -3.98. The summed E-state index contributed by atoms with van der Waals surface area (Å²) in [5, 5.41) is 2.84. The van der Waals surface area contributed by atoms with Crippen molar-refractivity contribution < 1.29 is 17.6 Å². The van der Waals surface area contributed by atoms with Gasteiger partial charge in [-0.3, -0.25) is 4.79 Å². The molecule has 0 fully saturated rings. The molecule has 0 aliphatic rings. The smallest absolute Gasteiger partial charge is 0.251 e. The van der Waals surface area contributed by atoms with Gasteiger partial charge in [0.2, 0.25) is 10.0 Å². The highest BCUT2D eigenvalue weighted by Gasteiger charge is 2.24. The average Bonchev–Trinajstić information content (AvgIpc) is 2.56. The molecular formula is C19H23FN2O3S. The highest BCUT2D eigenvalue weighted by Crippen LogP contribution is 2.22. The molecule has 1 amide bonds. The third-order valence-electron chi connectivity index (χ3n) is 4.20. The molecule has 2 rings (SSSR count). The zero-order valence-electron chi connectivity index (χ0n) is 15.5. The van der Waals surface area contributed by atoms with Crippen LogP contribution in [0.1, 0.15) is 40.0 Å². The molecular weight excluding hydrogens is 355 g/mol. The lowest BCUT2D eigenvalue weighted by Gasteiger charge is -2.18. The summed E-state index contributed by atoms with van der Waals surface area (Å²) >= 11 is 0. The van der Waals surface area contributed by atoms with Crippen LogP contribution < -0.4 is 5.32 Å². The van der Waals surface area contributed by atoms with Crippen molar-refractivity contribution in [2.45, 2.75) is 31.7 Å². The molecule has 0 aromatic heterocycles. The van der Waals surface area contributed by atoms with Crippen molar-refractivity contribution in [3.05, 3.63) is 64.5 Å². The molecule has 0 spiro atoms. The van der Waals surface area contributed by atoms with Crippen LogP contribution in [-0.4, -0.2) is 32.7 Å². The maximum Gasteiger partial charge on any atom is 0.251 e. The van der Waals surface area contributed by atoms with Gasteiger partial charge in [-0.25, -0.2) is 17.1 Å². The molecule has 1 N–H and O–H groups in total. The van der Waals surface area contributed by atoms with E-state index >= 15 is 0 Å². The molecule has 0 saturated carbocycles. The number of nitrogens with zero attached hydrogens (tertiary/aromatic N) is 1. The molecule has 0 aliphatic heterocycles. The van der Waals surface area contributed by atoms with Gasteiger partial charge in [-0.05, 0) is 50.1 Å². The van der Waals surface area contributed by atoms with E-state index in [9.17, 15) is 17.6 Å². The third-order valence-corrected chi connectivity index (χ3v) is 6.03. The van der Waals surface area contributed by atoms with Crippen LogP contribution in [0.25, 0.3) is 0 Å². The first kappa shape index (κ1) is 20.1. The standard InChI is InChI=1S/C19H23FN2O3S/c1-12-6-7-13(2)16(10-12)14(3)21-19(23)15-8-9-17(20)18(11-15)26(24,25)22(4)5/h6-11,14H,1-5H3,(H,21,23). The molecule has 2 aromatic carbocycles. The monoisotopic (exact) mass is 378 g/mol. The first-order valence-electron chi connectivity index (χ1n) is 8.14. The topological polar surface area (TPSA) is 66.5 Å². The van der Waals surface area contributed by atoms with E-state index in [1.165, 1.54) is 20.2 Å². The summed E-state index contributed by atoms with van der Waals surface area (Å²) < 4.78 is 39.3. The predicted octanol–water partition coefficient (Wildman–Crippen LogP) is 3.18. The van der Waals surface area contributed by atoms with Crippen molar-refractivity contribution in [2.75, 3.05) is 14.1 Å². The number of nitrogens with one attached hydrogen (secondary N) is 1. The Balaban J connectivity index is 2.32. The van der Waals surface area contributed by atoms with E-state index < -0.39 is 26.6 Å². The molecule has 5 nitrogen and oxygen atoms in total. The van der Waals surface area contributed by atoms with E-state index in [4.69, 9.17) is 0 Å². The SMILES string of the molecule is Cc1ccc(C)c(C(C)NC(=O)c2ccc(F)c(S(=O)(=O)N(C)C)c2)c1. The molecule has 0 saturated heterocycles. The highest BCUT2D eigenvalue weighted by atomic mass is 32.2. The Morgan fingerprint density at radius 3 is 2.38 bits per heavy atom. The van der Waals surface area contributed by atoms with Crippen LogP contribution >= 0.6 is 0 Å². The van der Waals surface area contributed by atoms with E-state index in [1.54, 1.807) is 0 Å². The van der Waals surface area contributed by atoms with Crippen molar-refractivity contribution in [2.24, 2.45) is 0 Å². The normalized spacial score (nSPS) is 12.9. The van der Waals surface area contributed by atoms with Gasteiger partial charge in [0.15, 0.2) is 0 Å². The van der Waals surface area contributed by atoms with Crippen molar-refractivity contribution in [1.29, 1.82) is 0 Å². The molecule has 0 bridgehead atoms. The Labute approximate surface area is 153 Å². The number of carbonyl (C=O) groups is 1. The van der Waals surface area contributed by atoms with Gasteiger partial charge in [-0.1, -0.05) is 23.8 Å². The Bertz CT molecular complexity index is 940. The van der Waals surface area contributed by atoms with Gasteiger partial charge in [0.1, 0.15) is 10.7 Å². The van der Waals surface area contributed by atoms with E-state index in [-0.39, 0.29) is 11.6 Å². The number of benzene rings is 2. The number of sulfonamides is 1. The summed E-state index contributed by atoms with van der Waals surface area (Å²) in [5.41, 5.74) is 3.18. The van der Waals surface area contributed by atoms with E-state index in [0.717, 1.165) is 33.1 Å². The number of amides is 1. The molecule has 1 unspecified atom stereocenters. The zero-order valence-corrected chi connectivity index (χ0v) is 16.3. The van der Waals surface area contributed by atoms with Gasteiger partial charge >= 0.3 is 0 Å². The van der Waals surface area contributed by atoms with E-state index in [1.807, 2.05) is 39.0 Å². The van der Waals surface area contributed by atoms with Crippen molar-refractivity contribution in [3.8, 4) is 0 Å². The lowest BCUT2D eigenvalue weighted by Crippen LogP contribution is -2.28. The molecule has 7 heteroatoms. The number of aryl methyl sites for hydroxylation is 2. The number of halogens is 1. The first-order chi connectivity index (χ1) is 12.0. The lowest BCUT2D eigenvalue weighted by molar-refractivity contribution is 0.0939. The maximum absolute atomic E-state index is 14.0. The molecule has 0 radical (unpaired) electrons. The van der Waals surface area contributed by atoms with E-state index in [0.29, 0.717) is 0 Å². The molecule has 26 heavy (non-hydrogen) atoms. The highest BCUT2D eigenvalue weighted by molar-refractivity contribution is 7.89. The molecule has 140 valence electrons. The number of hydrogen-bond acceptors (Lipinski definition) is 3. The van der Waals surface area contributed by atoms with Crippen molar-refractivity contribution >= 4 is 15.9 Å². The summed E-state index contributed by atoms with van der Waals surface area (Å²) in [6, 6.07) is 9.02. The van der Waals surface area contributed by atoms with Crippen LogP contribution in [-0.2, 0) is 10.0 Å². The molecule has 0 heterocycles. The van der Waals surface area contributed by atoms with Crippen LogP contribution in [0.4, 0.5) is 4.39 Å². The average molecular weight is 378 g/mol. The van der Waals surface area contributed by atoms with Crippen molar-refractivity contribution in [3.63, 3.8) is 0 Å². The zero-order chi connectivity index (χ0) is 19.6. The Kier molecular flexibility index (Phi) is 5.83. The number of hydrogen-bond donors (Lipinski definition) is 1. The van der Waals surface area contributed by atoms with Gasteiger partial charge in [0, 0.05) is 19.7 Å². The quantitative estimate of drug-likeness (QED) is 0.869. The van der Waals surface area contributed by atoms with Crippen molar-refractivity contribution in [1.82, 2.24) is 9.62 Å². The van der Waals surface area contributed by atoms with Gasteiger partial charge in [-0.2, -0.15) is 0 Å². The third kappa shape index (κ3) is 4.11.